The SMILES string of the molecule is COc1ccc(CC(=O)NCC2CCCN(C(=O)c3occc3C)C2)cc1. The van der Waals surface area contributed by atoms with Crippen molar-refractivity contribution < 1.29 is 18.7 Å². The third-order valence-corrected chi connectivity index (χ3v) is 4.97. The van der Waals surface area contributed by atoms with E-state index in [1.165, 1.54) is 0 Å². The first-order valence-electron chi connectivity index (χ1n) is 9.30. The molecule has 1 N–H and O–H groups in total. The summed E-state index contributed by atoms with van der Waals surface area (Å²) < 4.78 is 10.5. The normalized spacial score (nSPS) is 16.8. The Balaban J connectivity index is 1.48. The zero-order valence-corrected chi connectivity index (χ0v) is 15.9. The third-order valence-electron chi connectivity index (χ3n) is 4.97. The van der Waals surface area contributed by atoms with Crippen LogP contribution in [-0.2, 0) is 11.2 Å². The van der Waals surface area contributed by atoms with E-state index in [4.69, 9.17) is 9.15 Å². The first-order chi connectivity index (χ1) is 13.1. The van der Waals surface area contributed by atoms with Gasteiger partial charge in [0, 0.05) is 25.2 Å². The van der Waals surface area contributed by atoms with Crippen LogP contribution in [0, 0.1) is 12.8 Å². The number of ether oxygens (including phenoxy) is 1. The minimum absolute atomic E-state index is 0.00880. The number of nitrogens with one attached hydrogen (secondary N) is 1. The Labute approximate surface area is 159 Å². The average Bonchev–Trinajstić information content (AvgIpc) is 3.12. The number of hydrogen-bond acceptors (Lipinski definition) is 4. The predicted octanol–water partition coefficient (Wildman–Crippen LogP) is 2.81. The van der Waals surface area contributed by atoms with Crippen molar-refractivity contribution in [2.75, 3.05) is 26.7 Å². The van der Waals surface area contributed by atoms with Gasteiger partial charge in [0.15, 0.2) is 5.76 Å². The smallest absolute Gasteiger partial charge is 0.289 e. The topological polar surface area (TPSA) is 71.8 Å². The lowest BCUT2D eigenvalue weighted by atomic mass is 9.97. The van der Waals surface area contributed by atoms with Gasteiger partial charge in [-0.05, 0) is 49.4 Å². The monoisotopic (exact) mass is 370 g/mol. The molecule has 1 aromatic heterocycles. The molecule has 0 aliphatic carbocycles. The van der Waals surface area contributed by atoms with Gasteiger partial charge in [-0.25, -0.2) is 0 Å². The molecule has 1 aromatic carbocycles. The molecule has 6 nitrogen and oxygen atoms in total. The number of methoxy groups -OCH3 is 1. The number of amides is 2. The summed E-state index contributed by atoms with van der Waals surface area (Å²) >= 11 is 0. The first kappa shape index (κ1) is 19.0. The van der Waals surface area contributed by atoms with E-state index in [9.17, 15) is 9.59 Å². The van der Waals surface area contributed by atoms with Crippen molar-refractivity contribution in [3.05, 3.63) is 53.5 Å². The fourth-order valence-electron chi connectivity index (χ4n) is 3.40. The van der Waals surface area contributed by atoms with Crippen LogP contribution >= 0.6 is 0 Å². The zero-order chi connectivity index (χ0) is 19.2. The number of aryl methyl sites for hydroxylation is 1. The number of hydrogen-bond donors (Lipinski definition) is 1. The van der Waals surface area contributed by atoms with Crippen LogP contribution in [0.3, 0.4) is 0 Å². The quantitative estimate of drug-likeness (QED) is 0.849. The molecule has 1 aliphatic heterocycles. The van der Waals surface area contributed by atoms with E-state index in [1.54, 1.807) is 19.4 Å². The van der Waals surface area contributed by atoms with Crippen LogP contribution in [0.4, 0.5) is 0 Å². The van der Waals surface area contributed by atoms with Gasteiger partial charge < -0.3 is 19.4 Å². The minimum atomic E-state index is -0.0632. The fraction of sp³-hybridized carbons (Fsp3) is 0.429. The van der Waals surface area contributed by atoms with E-state index in [2.05, 4.69) is 5.32 Å². The van der Waals surface area contributed by atoms with Crippen molar-refractivity contribution in [1.29, 1.82) is 0 Å². The summed E-state index contributed by atoms with van der Waals surface area (Å²) in [6.45, 7) is 3.82. The molecular formula is C21H26N2O4. The van der Waals surface area contributed by atoms with Gasteiger partial charge in [0.25, 0.3) is 5.91 Å². The lowest BCUT2D eigenvalue weighted by molar-refractivity contribution is -0.120. The highest BCUT2D eigenvalue weighted by atomic mass is 16.5. The Morgan fingerprint density at radius 1 is 1.26 bits per heavy atom. The van der Waals surface area contributed by atoms with E-state index in [0.29, 0.717) is 25.3 Å². The Morgan fingerprint density at radius 3 is 2.70 bits per heavy atom. The van der Waals surface area contributed by atoms with Crippen LogP contribution in [0.25, 0.3) is 0 Å². The van der Waals surface area contributed by atoms with Crippen molar-refractivity contribution in [3.63, 3.8) is 0 Å². The number of likely N-dealkylation sites (tertiary alicyclic amines) is 1. The molecular weight excluding hydrogens is 344 g/mol. The average molecular weight is 370 g/mol. The lowest BCUT2D eigenvalue weighted by Gasteiger charge is -2.32. The molecule has 1 saturated heterocycles. The summed E-state index contributed by atoms with van der Waals surface area (Å²) in [7, 11) is 1.62. The van der Waals surface area contributed by atoms with E-state index < -0.39 is 0 Å². The molecule has 27 heavy (non-hydrogen) atoms. The molecule has 0 spiro atoms. The molecule has 144 valence electrons. The van der Waals surface area contributed by atoms with E-state index in [-0.39, 0.29) is 17.7 Å². The number of nitrogens with zero attached hydrogens (tertiary/aromatic N) is 1. The van der Waals surface area contributed by atoms with Crippen LogP contribution in [0.15, 0.2) is 41.0 Å². The standard InChI is InChI=1S/C21H26N2O4/c1-15-9-11-27-20(15)21(25)23-10-3-4-17(14-23)13-22-19(24)12-16-5-7-18(26-2)8-6-16/h5-9,11,17H,3-4,10,12-14H2,1-2H3,(H,22,24). The molecule has 1 atom stereocenters. The molecule has 2 amide bonds. The summed E-state index contributed by atoms with van der Waals surface area (Å²) in [6.07, 6.45) is 3.82. The van der Waals surface area contributed by atoms with Crippen LogP contribution < -0.4 is 10.1 Å². The number of piperidine rings is 1. The van der Waals surface area contributed by atoms with Crippen molar-refractivity contribution in [2.24, 2.45) is 5.92 Å². The highest BCUT2D eigenvalue weighted by Gasteiger charge is 2.27. The summed E-state index contributed by atoms with van der Waals surface area (Å²) in [5, 5.41) is 3.00. The van der Waals surface area contributed by atoms with E-state index in [0.717, 1.165) is 36.3 Å². The van der Waals surface area contributed by atoms with E-state index >= 15 is 0 Å². The van der Waals surface area contributed by atoms with Gasteiger partial charge in [0.1, 0.15) is 5.75 Å². The molecule has 0 saturated carbocycles. The van der Waals surface area contributed by atoms with Gasteiger partial charge in [-0.2, -0.15) is 0 Å². The number of furan rings is 1. The van der Waals surface area contributed by atoms with Gasteiger partial charge in [-0.1, -0.05) is 12.1 Å². The van der Waals surface area contributed by atoms with Gasteiger partial charge in [0.2, 0.25) is 5.91 Å². The van der Waals surface area contributed by atoms with Crippen LogP contribution in [0.2, 0.25) is 0 Å². The van der Waals surface area contributed by atoms with Gasteiger partial charge in [-0.3, -0.25) is 9.59 Å². The molecule has 6 heteroatoms. The summed E-state index contributed by atoms with van der Waals surface area (Å²) in [4.78, 5) is 26.6. The maximum Gasteiger partial charge on any atom is 0.289 e. The van der Waals surface area contributed by atoms with Crippen molar-refractivity contribution in [3.8, 4) is 5.75 Å². The number of benzene rings is 1. The van der Waals surface area contributed by atoms with Crippen LogP contribution in [0.5, 0.6) is 5.75 Å². The summed E-state index contributed by atoms with van der Waals surface area (Å²) in [6, 6.07) is 9.29. The largest absolute Gasteiger partial charge is 0.497 e. The Hall–Kier alpha value is -2.76. The molecule has 1 aliphatic rings. The van der Waals surface area contributed by atoms with Gasteiger partial charge >= 0.3 is 0 Å². The highest BCUT2D eigenvalue weighted by Crippen LogP contribution is 2.20. The molecule has 2 heterocycles. The Kier molecular flexibility index (Phi) is 6.16. The molecule has 1 unspecified atom stereocenters. The van der Waals surface area contributed by atoms with E-state index in [1.807, 2.05) is 36.1 Å². The zero-order valence-electron chi connectivity index (χ0n) is 15.9. The van der Waals surface area contributed by atoms with Gasteiger partial charge in [0.05, 0.1) is 19.8 Å². The van der Waals surface area contributed by atoms with Gasteiger partial charge in [-0.15, -0.1) is 0 Å². The minimum Gasteiger partial charge on any atom is -0.497 e. The maximum atomic E-state index is 12.6. The Morgan fingerprint density at radius 2 is 2.04 bits per heavy atom. The third kappa shape index (κ3) is 4.90. The maximum absolute atomic E-state index is 12.6. The molecule has 0 bridgehead atoms. The lowest BCUT2D eigenvalue weighted by Crippen LogP contribution is -2.44. The number of carbonyl (C=O) groups is 2. The Bertz CT molecular complexity index is 782. The number of rotatable bonds is 6. The second kappa shape index (κ2) is 8.75. The second-order valence-corrected chi connectivity index (χ2v) is 7.02. The fourth-order valence-corrected chi connectivity index (χ4v) is 3.40. The van der Waals surface area contributed by atoms with Crippen molar-refractivity contribution in [2.45, 2.75) is 26.2 Å². The molecule has 1 fully saturated rings. The number of carbonyl (C=O) groups excluding carboxylic acids is 2. The summed E-state index contributed by atoms with van der Waals surface area (Å²) in [5.41, 5.74) is 1.80. The van der Waals surface area contributed by atoms with Crippen molar-refractivity contribution >= 4 is 11.8 Å². The molecule has 2 aromatic rings. The van der Waals surface area contributed by atoms with Crippen LogP contribution in [-0.4, -0.2) is 43.5 Å². The van der Waals surface area contributed by atoms with Crippen molar-refractivity contribution in [1.82, 2.24) is 10.2 Å². The second-order valence-electron chi connectivity index (χ2n) is 7.02. The first-order valence-corrected chi connectivity index (χ1v) is 9.30. The molecule has 0 radical (unpaired) electrons. The molecule has 3 rings (SSSR count). The predicted molar refractivity (Wildman–Crippen MR) is 102 cm³/mol. The highest BCUT2D eigenvalue weighted by molar-refractivity contribution is 5.92. The summed E-state index contributed by atoms with van der Waals surface area (Å²) in [5.74, 6) is 1.38. The van der Waals surface area contributed by atoms with Crippen LogP contribution in [0.1, 0.15) is 34.5 Å².